The van der Waals surface area contributed by atoms with Gasteiger partial charge in [-0.1, -0.05) is 0 Å². The molecule has 0 saturated heterocycles. The number of nitrogens with zero attached hydrogens (tertiary/aromatic N) is 2. The fourth-order valence-corrected chi connectivity index (χ4v) is 1.15. The van der Waals surface area contributed by atoms with E-state index in [0.717, 1.165) is 0 Å². The summed E-state index contributed by atoms with van der Waals surface area (Å²) < 4.78 is 0. The van der Waals surface area contributed by atoms with Gasteiger partial charge in [0.15, 0.2) is 0 Å². The summed E-state index contributed by atoms with van der Waals surface area (Å²) in [4.78, 5) is 24.4. The zero-order valence-corrected chi connectivity index (χ0v) is 8.55. The molecule has 1 amide bonds. The van der Waals surface area contributed by atoms with E-state index in [1.807, 2.05) is 0 Å². The minimum atomic E-state index is -0.510. The molecule has 7 heteroatoms. The molecule has 86 valence electrons. The largest absolute Gasteiger partial charge is 0.370 e. The summed E-state index contributed by atoms with van der Waals surface area (Å²) in [5.41, 5.74) is 4.88. The van der Waals surface area contributed by atoms with Gasteiger partial charge in [-0.3, -0.25) is 14.9 Å². The number of hydrogen-bond donors (Lipinski definition) is 2. The van der Waals surface area contributed by atoms with Crippen molar-refractivity contribution in [2.75, 3.05) is 11.9 Å². The van der Waals surface area contributed by atoms with E-state index >= 15 is 0 Å². The van der Waals surface area contributed by atoms with Crippen molar-refractivity contribution in [2.24, 2.45) is 5.73 Å². The molecule has 0 aliphatic carbocycles. The summed E-state index contributed by atoms with van der Waals surface area (Å²) in [6, 6.07) is 2.86. The van der Waals surface area contributed by atoms with Crippen molar-refractivity contribution in [1.29, 1.82) is 0 Å². The van der Waals surface area contributed by atoms with Crippen molar-refractivity contribution in [3.05, 3.63) is 28.4 Å². The number of hydrogen-bond acceptors (Lipinski definition) is 5. The SMILES string of the molecule is NC(=O)CCCNc1ncccc1[N+](=O)[O-]. The second kappa shape index (κ2) is 5.64. The van der Waals surface area contributed by atoms with Gasteiger partial charge in [-0.25, -0.2) is 4.98 Å². The maximum Gasteiger partial charge on any atom is 0.311 e. The predicted octanol–water partition coefficient (Wildman–Crippen LogP) is 0.667. The zero-order valence-electron chi connectivity index (χ0n) is 8.55. The molecular weight excluding hydrogens is 212 g/mol. The van der Waals surface area contributed by atoms with E-state index < -0.39 is 10.8 Å². The molecule has 0 spiro atoms. The van der Waals surface area contributed by atoms with Gasteiger partial charge >= 0.3 is 5.69 Å². The number of nitrogens with one attached hydrogen (secondary N) is 1. The molecule has 0 aromatic carbocycles. The third kappa shape index (κ3) is 3.52. The maximum absolute atomic E-state index is 10.6. The highest BCUT2D eigenvalue weighted by molar-refractivity contribution is 5.73. The Morgan fingerprint density at radius 3 is 3.00 bits per heavy atom. The second-order valence-electron chi connectivity index (χ2n) is 3.12. The van der Waals surface area contributed by atoms with Crippen molar-refractivity contribution in [3.63, 3.8) is 0 Å². The number of amides is 1. The molecule has 16 heavy (non-hydrogen) atoms. The lowest BCUT2D eigenvalue weighted by atomic mass is 10.3. The number of primary amides is 1. The van der Waals surface area contributed by atoms with Crippen molar-refractivity contribution < 1.29 is 9.72 Å². The van der Waals surface area contributed by atoms with Crippen molar-refractivity contribution in [1.82, 2.24) is 4.98 Å². The van der Waals surface area contributed by atoms with E-state index in [0.29, 0.717) is 13.0 Å². The second-order valence-corrected chi connectivity index (χ2v) is 3.12. The van der Waals surface area contributed by atoms with E-state index in [9.17, 15) is 14.9 Å². The monoisotopic (exact) mass is 224 g/mol. The minimum absolute atomic E-state index is 0.0819. The quantitative estimate of drug-likeness (QED) is 0.419. The Kier molecular flexibility index (Phi) is 4.19. The molecule has 0 radical (unpaired) electrons. The number of nitrogens with two attached hydrogens (primary N) is 1. The van der Waals surface area contributed by atoms with Gasteiger partial charge in [0.25, 0.3) is 0 Å². The van der Waals surface area contributed by atoms with E-state index in [4.69, 9.17) is 5.73 Å². The van der Waals surface area contributed by atoms with E-state index in [1.165, 1.54) is 18.3 Å². The summed E-state index contributed by atoms with van der Waals surface area (Å²) in [6.45, 7) is 0.417. The minimum Gasteiger partial charge on any atom is -0.370 e. The third-order valence-electron chi connectivity index (χ3n) is 1.88. The molecule has 1 rings (SSSR count). The highest BCUT2D eigenvalue weighted by Gasteiger charge is 2.12. The van der Waals surface area contributed by atoms with Gasteiger partial charge in [0.05, 0.1) is 4.92 Å². The maximum atomic E-state index is 10.6. The summed E-state index contributed by atoms with van der Waals surface area (Å²) in [5, 5.41) is 13.4. The van der Waals surface area contributed by atoms with Crippen LogP contribution in [0.1, 0.15) is 12.8 Å². The molecule has 0 atom stereocenters. The van der Waals surface area contributed by atoms with Crippen LogP contribution in [0.4, 0.5) is 11.5 Å². The van der Waals surface area contributed by atoms with Crippen LogP contribution in [0.2, 0.25) is 0 Å². The predicted molar refractivity (Wildman–Crippen MR) is 57.8 cm³/mol. The molecule has 7 nitrogen and oxygen atoms in total. The van der Waals surface area contributed by atoms with Gasteiger partial charge in [0.1, 0.15) is 0 Å². The van der Waals surface area contributed by atoms with E-state index in [2.05, 4.69) is 10.3 Å². The summed E-state index contributed by atoms with van der Waals surface area (Å²) in [7, 11) is 0. The topological polar surface area (TPSA) is 111 Å². The van der Waals surface area contributed by atoms with Gasteiger partial charge in [-0.2, -0.15) is 0 Å². The average Bonchev–Trinajstić information content (AvgIpc) is 2.24. The lowest BCUT2D eigenvalue weighted by molar-refractivity contribution is -0.384. The van der Waals surface area contributed by atoms with Gasteiger partial charge < -0.3 is 11.1 Å². The highest BCUT2D eigenvalue weighted by Crippen LogP contribution is 2.19. The summed E-state index contributed by atoms with van der Waals surface area (Å²) in [5.74, 6) is -0.186. The first-order valence-corrected chi connectivity index (χ1v) is 4.73. The Hall–Kier alpha value is -2.18. The van der Waals surface area contributed by atoms with Crippen LogP contribution in [0.5, 0.6) is 0 Å². The van der Waals surface area contributed by atoms with Gasteiger partial charge in [0, 0.05) is 25.2 Å². The number of nitro groups is 1. The van der Waals surface area contributed by atoms with Crippen molar-refractivity contribution in [3.8, 4) is 0 Å². The number of rotatable bonds is 6. The van der Waals surface area contributed by atoms with Crippen LogP contribution in [-0.4, -0.2) is 22.4 Å². The molecule has 1 aromatic rings. The standard InChI is InChI=1S/C9H12N4O3/c10-8(14)4-2-6-12-9-7(13(15)16)3-1-5-11-9/h1,3,5H,2,4,6H2,(H2,10,14)(H,11,12). The Balaban J connectivity index is 2.53. The molecule has 0 aliphatic heterocycles. The van der Waals surface area contributed by atoms with Gasteiger partial charge in [-0.15, -0.1) is 0 Å². The number of aromatic nitrogens is 1. The fourth-order valence-electron chi connectivity index (χ4n) is 1.15. The van der Waals surface area contributed by atoms with Crippen LogP contribution in [-0.2, 0) is 4.79 Å². The van der Waals surface area contributed by atoms with Crippen LogP contribution in [0.3, 0.4) is 0 Å². The van der Waals surface area contributed by atoms with Gasteiger partial charge in [0.2, 0.25) is 11.7 Å². The van der Waals surface area contributed by atoms with Crippen LogP contribution >= 0.6 is 0 Å². The highest BCUT2D eigenvalue weighted by atomic mass is 16.6. The van der Waals surface area contributed by atoms with Crippen LogP contribution in [0.25, 0.3) is 0 Å². The molecule has 1 aromatic heterocycles. The van der Waals surface area contributed by atoms with Crippen LogP contribution < -0.4 is 11.1 Å². The van der Waals surface area contributed by atoms with Crippen LogP contribution in [0.15, 0.2) is 18.3 Å². The Morgan fingerprint density at radius 1 is 1.62 bits per heavy atom. The number of anilines is 1. The third-order valence-corrected chi connectivity index (χ3v) is 1.88. The molecular formula is C9H12N4O3. The van der Waals surface area contributed by atoms with E-state index in [1.54, 1.807) is 0 Å². The van der Waals surface area contributed by atoms with Gasteiger partial charge in [-0.05, 0) is 12.5 Å². The van der Waals surface area contributed by atoms with E-state index in [-0.39, 0.29) is 17.9 Å². The first-order valence-electron chi connectivity index (χ1n) is 4.73. The summed E-state index contributed by atoms with van der Waals surface area (Å²) >= 11 is 0. The van der Waals surface area contributed by atoms with Crippen molar-refractivity contribution >= 4 is 17.4 Å². The first kappa shape index (κ1) is 11.9. The Labute approximate surface area is 91.8 Å². The molecule has 0 saturated carbocycles. The van der Waals surface area contributed by atoms with Crippen LogP contribution in [0, 0.1) is 10.1 Å². The zero-order chi connectivity index (χ0) is 12.0. The molecule has 0 bridgehead atoms. The summed E-state index contributed by atoms with van der Waals surface area (Å²) in [6.07, 6.45) is 2.22. The lowest BCUT2D eigenvalue weighted by Gasteiger charge is -2.04. The Morgan fingerprint density at radius 2 is 2.38 bits per heavy atom. The molecule has 0 aliphatic rings. The number of pyridine rings is 1. The number of carbonyl (C=O) groups is 1. The molecule has 0 fully saturated rings. The number of carbonyl (C=O) groups excluding carboxylic acids is 1. The smallest absolute Gasteiger partial charge is 0.311 e. The molecule has 1 heterocycles. The van der Waals surface area contributed by atoms with Crippen molar-refractivity contribution in [2.45, 2.75) is 12.8 Å². The first-order chi connectivity index (χ1) is 7.61. The average molecular weight is 224 g/mol. The normalized spacial score (nSPS) is 9.75. The molecule has 3 N–H and O–H groups in total. The fraction of sp³-hybridized carbons (Fsp3) is 0.333. The lowest BCUT2D eigenvalue weighted by Crippen LogP contribution is -2.13. The Bertz CT molecular complexity index is 394. The molecule has 0 unspecified atom stereocenters.